The SMILES string of the molecule is CC(C)C[C@H](NC(=O)[C@@H](CCCN)C1(C(N)=O)CCCC1)C(N)=O. The molecule has 0 radical (unpaired) electrons. The van der Waals surface area contributed by atoms with Crippen molar-refractivity contribution in [2.45, 2.75) is 64.8 Å². The van der Waals surface area contributed by atoms with Crippen molar-refractivity contribution in [3.8, 4) is 0 Å². The van der Waals surface area contributed by atoms with Crippen LogP contribution >= 0.6 is 0 Å². The van der Waals surface area contributed by atoms with Crippen LogP contribution in [-0.2, 0) is 14.4 Å². The maximum atomic E-state index is 12.9. The molecule has 1 aliphatic rings. The van der Waals surface area contributed by atoms with Crippen molar-refractivity contribution in [3.05, 3.63) is 0 Å². The van der Waals surface area contributed by atoms with Crippen molar-refractivity contribution in [2.24, 2.45) is 34.5 Å². The Hall–Kier alpha value is -1.63. The zero-order valence-electron chi connectivity index (χ0n) is 14.8. The highest BCUT2D eigenvalue weighted by atomic mass is 16.2. The van der Waals surface area contributed by atoms with Crippen LogP contribution in [0.5, 0.6) is 0 Å². The number of hydrogen-bond donors (Lipinski definition) is 4. The monoisotopic (exact) mass is 340 g/mol. The van der Waals surface area contributed by atoms with E-state index in [0.29, 0.717) is 38.6 Å². The van der Waals surface area contributed by atoms with Gasteiger partial charge in [0.2, 0.25) is 17.7 Å². The molecule has 7 heteroatoms. The second-order valence-corrected chi connectivity index (χ2v) is 7.30. The quantitative estimate of drug-likeness (QED) is 0.457. The van der Waals surface area contributed by atoms with Gasteiger partial charge in [-0.05, 0) is 44.6 Å². The molecule has 7 nitrogen and oxygen atoms in total. The van der Waals surface area contributed by atoms with Gasteiger partial charge in [0.05, 0.1) is 11.3 Å². The Morgan fingerprint density at radius 3 is 2.12 bits per heavy atom. The number of amides is 3. The summed E-state index contributed by atoms with van der Waals surface area (Å²) in [6.07, 6.45) is 4.54. The molecule has 0 heterocycles. The Labute approximate surface area is 144 Å². The van der Waals surface area contributed by atoms with E-state index in [2.05, 4.69) is 5.32 Å². The smallest absolute Gasteiger partial charge is 0.240 e. The molecule has 3 amide bonds. The van der Waals surface area contributed by atoms with Crippen LogP contribution in [0, 0.1) is 17.3 Å². The van der Waals surface area contributed by atoms with Gasteiger partial charge in [-0.25, -0.2) is 0 Å². The van der Waals surface area contributed by atoms with Gasteiger partial charge in [-0.1, -0.05) is 26.7 Å². The molecule has 0 unspecified atom stereocenters. The molecule has 1 rings (SSSR count). The molecule has 0 aliphatic heterocycles. The van der Waals surface area contributed by atoms with Crippen LogP contribution in [0.15, 0.2) is 0 Å². The topological polar surface area (TPSA) is 141 Å². The summed E-state index contributed by atoms with van der Waals surface area (Å²) in [5.41, 5.74) is 15.8. The molecule has 1 fully saturated rings. The van der Waals surface area contributed by atoms with E-state index in [-0.39, 0.29) is 11.8 Å². The zero-order valence-corrected chi connectivity index (χ0v) is 14.8. The van der Waals surface area contributed by atoms with Gasteiger partial charge >= 0.3 is 0 Å². The first-order chi connectivity index (χ1) is 11.2. The number of carbonyl (C=O) groups is 3. The minimum Gasteiger partial charge on any atom is -0.369 e. The number of nitrogens with one attached hydrogen (secondary N) is 1. The number of rotatable bonds is 10. The summed E-state index contributed by atoms with van der Waals surface area (Å²) in [6.45, 7) is 4.34. The predicted octanol–water partition coefficient (Wildman–Crippen LogP) is 0.403. The largest absolute Gasteiger partial charge is 0.369 e. The third kappa shape index (κ3) is 4.93. The van der Waals surface area contributed by atoms with Crippen LogP contribution in [0.2, 0.25) is 0 Å². The maximum absolute atomic E-state index is 12.9. The molecule has 7 N–H and O–H groups in total. The minimum atomic E-state index is -0.834. The average Bonchev–Trinajstić information content (AvgIpc) is 2.97. The van der Waals surface area contributed by atoms with Gasteiger partial charge < -0.3 is 22.5 Å². The summed E-state index contributed by atoms with van der Waals surface area (Å²) < 4.78 is 0. The lowest BCUT2D eigenvalue weighted by molar-refractivity contribution is -0.142. The Bertz CT molecular complexity index is 459. The van der Waals surface area contributed by atoms with E-state index < -0.39 is 29.2 Å². The van der Waals surface area contributed by atoms with Crippen LogP contribution in [0.3, 0.4) is 0 Å². The molecule has 0 aromatic rings. The molecule has 0 saturated heterocycles. The van der Waals surface area contributed by atoms with Gasteiger partial charge in [0.15, 0.2) is 0 Å². The number of primary amides is 2. The van der Waals surface area contributed by atoms with E-state index in [4.69, 9.17) is 17.2 Å². The molecule has 0 aromatic carbocycles. The van der Waals surface area contributed by atoms with E-state index >= 15 is 0 Å². The highest BCUT2D eigenvalue weighted by Gasteiger charge is 2.49. The lowest BCUT2D eigenvalue weighted by Crippen LogP contribution is -2.53. The standard InChI is InChI=1S/C17H32N4O3/c1-11(2)10-13(14(19)22)21-15(23)12(6-5-9-18)17(16(20)24)7-3-4-8-17/h11-13H,3-10,18H2,1-2H3,(H2,19,22)(H2,20,24)(H,21,23)/t12-,13+/m1/s1. The number of nitrogens with two attached hydrogens (primary N) is 3. The van der Waals surface area contributed by atoms with E-state index in [1.807, 2.05) is 13.8 Å². The van der Waals surface area contributed by atoms with Gasteiger partial charge in [-0.2, -0.15) is 0 Å². The fraction of sp³-hybridized carbons (Fsp3) is 0.824. The van der Waals surface area contributed by atoms with Crippen LogP contribution in [0.1, 0.15) is 58.8 Å². The molecule has 1 aliphatic carbocycles. The molecule has 0 aromatic heterocycles. The summed E-state index contributed by atoms with van der Waals surface area (Å²) >= 11 is 0. The highest BCUT2D eigenvalue weighted by molar-refractivity contribution is 5.92. The van der Waals surface area contributed by atoms with Gasteiger partial charge in [-0.15, -0.1) is 0 Å². The van der Waals surface area contributed by atoms with Crippen molar-refractivity contribution >= 4 is 17.7 Å². The van der Waals surface area contributed by atoms with E-state index in [0.717, 1.165) is 12.8 Å². The molecule has 0 bridgehead atoms. The lowest BCUT2D eigenvalue weighted by atomic mass is 9.70. The van der Waals surface area contributed by atoms with E-state index in [1.54, 1.807) is 0 Å². The van der Waals surface area contributed by atoms with Crippen molar-refractivity contribution in [1.29, 1.82) is 0 Å². The summed E-state index contributed by atoms with van der Waals surface area (Å²) in [6, 6.07) is -0.732. The van der Waals surface area contributed by atoms with Crippen molar-refractivity contribution in [3.63, 3.8) is 0 Å². The molecule has 2 atom stereocenters. The van der Waals surface area contributed by atoms with Crippen molar-refractivity contribution in [1.82, 2.24) is 5.32 Å². The number of hydrogen-bond acceptors (Lipinski definition) is 4. The molecular weight excluding hydrogens is 308 g/mol. The van der Waals surface area contributed by atoms with Crippen LogP contribution in [-0.4, -0.2) is 30.3 Å². The summed E-state index contributed by atoms with van der Waals surface area (Å²) in [7, 11) is 0. The predicted molar refractivity (Wildman–Crippen MR) is 92.5 cm³/mol. The van der Waals surface area contributed by atoms with Crippen LogP contribution < -0.4 is 22.5 Å². The first-order valence-electron chi connectivity index (χ1n) is 8.84. The third-order valence-electron chi connectivity index (χ3n) is 5.03. The average molecular weight is 340 g/mol. The summed E-state index contributed by atoms with van der Waals surface area (Å²) in [5.74, 6) is -1.66. The van der Waals surface area contributed by atoms with Crippen LogP contribution in [0.4, 0.5) is 0 Å². The molecule has 138 valence electrons. The fourth-order valence-electron chi connectivity index (χ4n) is 3.74. The first-order valence-corrected chi connectivity index (χ1v) is 8.84. The highest BCUT2D eigenvalue weighted by Crippen LogP contribution is 2.46. The Balaban J connectivity index is 2.99. The van der Waals surface area contributed by atoms with Gasteiger partial charge in [0.25, 0.3) is 0 Å². The van der Waals surface area contributed by atoms with Crippen molar-refractivity contribution in [2.75, 3.05) is 6.54 Å². The normalized spacial score (nSPS) is 19.0. The van der Waals surface area contributed by atoms with Crippen LogP contribution in [0.25, 0.3) is 0 Å². The lowest BCUT2D eigenvalue weighted by Gasteiger charge is -2.34. The van der Waals surface area contributed by atoms with Crippen molar-refractivity contribution < 1.29 is 14.4 Å². The fourth-order valence-corrected chi connectivity index (χ4v) is 3.74. The van der Waals surface area contributed by atoms with E-state index in [1.165, 1.54) is 0 Å². The Morgan fingerprint density at radius 1 is 1.12 bits per heavy atom. The Morgan fingerprint density at radius 2 is 1.71 bits per heavy atom. The molecule has 1 saturated carbocycles. The molecular formula is C17H32N4O3. The third-order valence-corrected chi connectivity index (χ3v) is 5.03. The maximum Gasteiger partial charge on any atom is 0.240 e. The first kappa shape index (κ1) is 20.4. The zero-order chi connectivity index (χ0) is 18.3. The second-order valence-electron chi connectivity index (χ2n) is 7.30. The second kappa shape index (κ2) is 9.01. The Kier molecular flexibility index (Phi) is 7.66. The van der Waals surface area contributed by atoms with Gasteiger partial charge in [0.1, 0.15) is 6.04 Å². The van der Waals surface area contributed by atoms with Gasteiger partial charge in [-0.3, -0.25) is 14.4 Å². The van der Waals surface area contributed by atoms with E-state index in [9.17, 15) is 14.4 Å². The molecule has 24 heavy (non-hydrogen) atoms. The minimum absolute atomic E-state index is 0.210. The van der Waals surface area contributed by atoms with Gasteiger partial charge in [0, 0.05) is 0 Å². The number of carbonyl (C=O) groups excluding carboxylic acids is 3. The summed E-state index contributed by atoms with van der Waals surface area (Å²) in [4.78, 5) is 36.7. The molecule has 0 spiro atoms. The summed E-state index contributed by atoms with van der Waals surface area (Å²) in [5, 5.41) is 2.75.